The third-order valence-corrected chi connectivity index (χ3v) is 6.86. The highest BCUT2D eigenvalue weighted by Gasteiger charge is 2.22. The van der Waals surface area contributed by atoms with Crippen molar-refractivity contribution in [3.8, 4) is 11.5 Å². The molecule has 0 fully saturated rings. The lowest BCUT2D eigenvalue weighted by Gasteiger charge is -2.20. The fraction of sp³-hybridized carbons (Fsp3) is 0.103. The highest BCUT2D eigenvalue weighted by molar-refractivity contribution is 7.22. The minimum atomic E-state index is -0.0939. The Morgan fingerprint density at radius 3 is 2.18 bits per heavy atom. The van der Waals surface area contributed by atoms with Gasteiger partial charge in [-0.25, -0.2) is 4.98 Å². The summed E-state index contributed by atoms with van der Waals surface area (Å²) in [5, 5.41) is 0.696. The number of aryl methyl sites for hydroxylation is 2. The molecule has 0 saturated carbocycles. The van der Waals surface area contributed by atoms with Crippen LogP contribution in [0.15, 0.2) is 97.1 Å². The first-order valence-electron chi connectivity index (χ1n) is 11.1. The summed E-state index contributed by atoms with van der Waals surface area (Å²) < 4.78 is 6.96. The highest BCUT2D eigenvalue weighted by Crippen LogP contribution is 2.33. The Hall–Kier alpha value is -3.96. The van der Waals surface area contributed by atoms with Crippen LogP contribution in [0.2, 0.25) is 0 Å². The zero-order valence-corrected chi connectivity index (χ0v) is 19.9. The number of carbonyl (C=O) groups is 1. The molecule has 34 heavy (non-hydrogen) atoms. The average Bonchev–Trinajstić information content (AvgIpc) is 3.31. The molecule has 0 aliphatic rings. The van der Waals surface area contributed by atoms with Crippen LogP contribution in [0.3, 0.4) is 0 Å². The summed E-state index contributed by atoms with van der Waals surface area (Å²) in [5.41, 5.74) is 4.93. The number of fused-ring (bicyclic) bond motifs is 1. The molecule has 0 unspecified atom stereocenters. The van der Waals surface area contributed by atoms with Crippen molar-refractivity contribution in [1.29, 1.82) is 0 Å². The third-order valence-electron chi connectivity index (χ3n) is 5.81. The first-order chi connectivity index (χ1) is 16.6. The van der Waals surface area contributed by atoms with Crippen LogP contribution in [0.5, 0.6) is 11.5 Å². The number of nitrogens with zero attached hydrogens (tertiary/aromatic N) is 2. The number of aromatic nitrogens is 1. The van der Waals surface area contributed by atoms with Crippen molar-refractivity contribution < 1.29 is 9.53 Å². The number of para-hydroxylation sites is 1. The maximum Gasteiger partial charge on any atom is 0.260 e. The van der Waals surface area contributed by atoms with Crippen LogP contribution >= 0.6 is 11.3 Å². The van der Waals surface area contributed by atoms with Crippen LogP contribution in [-0.2, 0) is 6.54 Å². The van der Waals surface area contributed by atoms with E-state index in [1.807, 2.05) is 72.8 Å². The number of thiazole rings is 1. The molecule has 0 saturated heterocycles. The molecule has 0 radical (unpaired) electrons. The Kier molecular flexibility index (Phi) is 6.11. The molecule has 4 aromatic carbocycles. The molecular formula is C29H24N2O2S. The molecule has 0 aliphatic heterocycles. The van der Waals surface area contributed by atoms with Crippen molar-refractivity contribution in [2.24, 2.45) is 0 Å². The van der Waals surface area contributed by atoms with Gasteiger partial charge in [-0.1, -0.05) is 65.9 Å². The van der Waals surface area contributed by atoms with Gasteiger partial charge in [0.1, 0.15) is 11.5 Å². The Morgan fingerprint density at radius 1 is 0.824 bits per heavy atom. The van der Waals surface area contributed by atoms with Gasteiger partial charge in [0.25, 0.3) is 5.91 Å². The zero-order valence-electron chi connectivity index (χ0n) is 19.1. The molecule has 5 aromatic rings. The average molecular weight is 465 g/mol. The minimum Gasteiger partial charge on any atom is -0.457 e. The molecule has 5 heteroatoms. The van der Waals surface area contributed by atoms with Crippen molar-refractivity contribution in [3.63, 3.8) is 0 Å². The number of ether oxygens (including phenoxy) is 1. The maximum absolute atomic E-state index is 13.7. The molecule has 0 bridgehead atoms. The molecule has 0 N–H and O–H groups in total. The van der Waals surface area contributed by atoms with E-state index in [1.165, 1.54) is 5.56 Å². The van der Waals surface area contributed by atoms with Gasteiger partial charge < -0.3 is 4.74 Å². The van der Waals surface area contributed by atoms with Gasteiger partial charge in [0.15, 0.2) is 5.13 Å². The van der Waals surface area contributed by atoms with E-state index >= 15 is 0 Å². The number of rotatable bonds is 6. The normalized spacial score (nSPS) is 10.9. The summed E-state index contributed by atoms with van der Waals surface area (Å²) in [6, 6.07) is 31.1. The van der Waals surface area contributed by atoms with Gasteiger partial charge in [0.05, 0.1) is 16.8 Å². The highest BCUT2D eigenvalue weighted by atomic mass is 32.1. The number of hydrogen-bond donors (Lipinski definition) is 0. The van der Waals surface area contributed by atoms with Crippen LogP contribution in [-0.4, -0.2) is 10.9 Å². The van der Waals surface area contributed by atoms with Crippen LogP contribution < -0.4 is 9.64 Å². The molecule has 0 aliphatic carbocycles. The first kappa shape index (κ1) is 21.9. The monoisotopic (exact) mass is 464 g/mol. The van der Waals surface area contributed by atoms with E-state index in [-0.39, 0.29) is 5.91 Å². The van der Waals surface area contributed by atoms with Crippen molar-refractivity contribution >= 4 is 32.6 Å². The fourth-order valence-corrected chi connectivity index (χ4v) is 4.79. The second kappa shape index (κ2) is 9.49. The van der Waals surface area contributed by atoms with Crippen LogP contribution in [0.4, 0.5) is 5.13 Å². The number of benzene rings is 4. The van der Waals surface area contributed by atoms with Gasteiger partial charge in [-0.05, 0) is 73.0 Å². The van der Waals surface area contributed by atoms with Crippen molar-refractivity contribution in [2.45, 2.75) is 20.4 Å². The lowest BCUT2D eigenvalue weighted by molar-refractivity contribution is 0.0985. The van der Waals surface area contributed by atoms with E-state index in [2.05, 4.69) is 26.0 Å². The molecule has 1 heterocycles. The molecule has 4 nitrogen and oxygen atoms in total. The van der Waals surface area contributed by atoms with Crippen LogP contribution in [0, 0.1) is 13.8 Å². The third kappa shape index (κ3) is 4.56. The Morgan fingerprint density at radius 2 is 1.47 bits per heavy atom. The molecule has 0 atom stereocenters. The minimum absolute atomic E-state index is 0.0939. The van der Waals surface area contributed by atoms with Crippen LogP contribution in [0.1, 0.15) is 27.0 Å². The number of carbonyl (C=O) groups excluding carboxylic acids is 1. The number of amides is 1. The van der Waals surface area contributed by atoms with Gasteiger partial charge in [0.2, 0.25) is 0 Å². The van der Waals surface area contributed by atoms with Crippen LogP contribution in [0.25, 0.3) is 10.2 Å². The lowest BCUT2D eigenvalue weighted by Crippen LogP contribution is -2.30. The number of anilines is 1. The quantitative estimate of drug-likeness (QED) is 0.260. The van der Waals surface area contributed by atoms with Crippen molar-refractivity contribution in [3.05, 3.63) is 119 Å². The zero-order chi connectivity index (χ0) is 23.5. The fourth-order valence-electron chi connectivity index (χ4n) is 3.77. The smallest absolute Gasteiger partial charge is 0.260 e. The maximum atomic E-state index is 13.7. The summed E-state index contributed by atoms with van der Waals surface area (Å²) in [4.78, 5) is 20.4. The summed E-state index contributed by atoms with van der Waals surface area (Å²) in [7, 11) is 0. The van der Waals surface area contributed by atoms with E-state index in [0.717, 1.165) is 27.1 Å². The van der Waals surface area contributed by atoms with Crippen molar-refractivity contribution in [1.82, 2.24) is 4.98 Å². The first-order valence-corrected chi connectivity index (χ1v) is 12.0. The molecule has 1 aromatic heterocycles. The molecule has 0 spiro atoms. The lowest BCUT2D eigenvalue weighted by atomic mass is 10.1. The second-order valence-electron chi connectivity index (χ2n) is 8.17. The second-order valence-corrected chi connectivity index (χ2v) is 9.18. The van der Waals surface area contributed by atoms with Crippen molar-refractivity contribution in [2.75, 3.05) is 4.90 Å². The standard InChI is InChI=1S/C29H24N2O2S/c1-20-13-18-26-27(21(20)2)30-29(34-26)31(19-22-9-5-3-6-10-22)28(32)23-14-16-25(17-15-23)33-24-11-7-4-8-12-24/h3-18H,19H2,1-2H3. The van der Waals surface area contributed by atoms with Gasteiger partial charge in [-0.3, -0.25) is 9.69 Å². The summed E-state index contributed by atoms with van der Waals surface area (Å²) in [5.74, 6) is 1.35. The Balaban J connectivity index is 1.47. The summed E-state index contributed by atoms with van der Waals surface area (Å²) in [6.07, 6.45) is 0. The van der Waals surface area contributed by atoms with E-state index in [1.54, 1.807) is 28.4 Å². The Labute approximate surface area is 203 Å². The molecule has 5 rings (SSSR count). The van der Waals surface area contributed by atoms with Gasteiger partial charge in [-0.15, -0.1) is 0 Å². The largest absolute Gasteiger partial charge is 0.457 e. The van der Waals surface area contributed by atoms with E-state index in [0.29, 0.717) is 23.0 Å². The predicted octanol–water partition coefficient (Wildman–Crippen LogP) is 7.55. The topological polar surface area (TPSA) is 42.4 Å². The predicted molar refractivity (Wildman–Crippen MR) is 139 cm³/mol. The van der Waals surface area contributed by atoms with E-state index in [9.17, 15) is 4.79 Å². The SMILES string of the molecule is Cc1ccc2sc(N(Cc3ccccc3)C(=O)c3ccc(Oc4ccccc4)cc3)nc2c1C. The molecule has 168 valence electrons. The summed E-state index contributed by atoms with van der Waals surface area (Å²) >= 11 is 1.54. The van der Waals surface area contributed by atoms with Gasteiger partial charge >= 0.3 is 0 Å². The molecular weight excluding hydrogens is 440 g/mol. The van der Waals surface area contributed by atoms with E-state index < -0.39 is 0 Å². The van der Waals surface area contributed by atoms with E-state index in [4.69, 9.17) is 9.72 Å². The Bertz CT molecular complexity index is 1430. The molecule has 1 amide bonds. The summed E-state index contributed by atoms with van der Waals surface area (Å²) in [6.45, 7) is 4.61. The van der Waals surface area contributed by atoms with Gasteiger partial charge in [-0.2, -0.15) is 0 Å². The van der Waals surface area contributed by atoms with Gasteiger partial charge in [0, 0.05) is 5.56 Å². The number of hydrogen-bond acceptors (Lipinski definition) is 4.